The van der Waals surface area contributed by atoms with Crippen molar-refractivity contribution < 1.29 is 14.4 Å². The Morgan fingerprint density at radius 3 is 2.67 bits per heavy atom. The summed E-state index contributed by atoms with van der Waals surface area (Å²) in [6, 6.07) is -0.402. The van der Waals surface area contributed by atoms with E-state index in [4.69, 9.17) is 0 Å². The number of carbonyl (C=O) groups is 3. The highest BCUT2D eigenvalue weighted by Crippen LogP contribution is 2.26. The maximum absolute atomic E-state index is 12.8. The smallest absolute Gasteiger partial charge is 0.244 e. The van der Waals surface area contributed by atoms with Gasteiger partial charge in [-0.15, -0.1) is 0 Å². The Hall–Kier alpha value is -1.63. The quantitative estimate of drug-likeness (QED) is 0.744. The molecule has 2 unspecified atom stereocenters. The summed E-state index contributed by atoms with van der Waals surface area (Å²) in [5.74, 6) is 0.557. The number of nitrogens with one attached hydrogen (secondary N) is 2. The molecule has 0 radical (unpaired) electrons. The van der Waals surface area contributed by atoms with Gasteiger partial charge in [-0.25, -0.2) is 0 Å². The zero-order chi connectivity index (χ0) is 19.2. The van der Waals surface area contributed by atoms with Crippen LogP contribution in [0.3, 0.4) is 0 Å². The lowest BCUT2D eigenvalue weighted by molar-refractivity contribution is -0.142. The monoisotopic (exact) mass is 378 g/mol. The summed E-state index contributed by atoms with van der Waals surface area (Å²) in [6.45, 7) is 4.97. The Morgan fingerprint density at radius 1 is 1.15 bits per heavy atom. The third kappa shape index (κ3) is 5.43. The molecule has 3 fully saturated rings. The highest BCUT2D eigenvalue weighted by atomic mass is 16.2. The fraction of sp³-hybridized carbons (Fsp3) is 0.850. The van der Waals surface area contributed by atoms with Crippen LogP contribution in [0.25, 0.3) is 0 Å². The minimum Gasteiger partial charge on any atom is -0.345 e. The first-order valence-corrected chi connectivity index (χ1v) is 10.6. The first-order chi connectivity index (χ1) is 13.0. The lowest BCUT2D eigenvalue weighted by Crippen LogP contribution is -2.59. The summed E-state index contributed by atoms with van der Waals surface area (Å²) in [5.41, 5.74) is 0. The van der Waals surface area contributed by atoms with Gasteiger partial charge in [-0.1, -0.05) is 19.3 Å². The van der Waals surface area contributed by atoms with Crippen LogP contribution in [0.4, 0.5) is 0 Å². The van der Waals surface area contributed by atoms with Gasteiger partial charge in [0.05, 0.1) is 6.54 Å². The van der Waals surface area contributed by atoms with E-state index >= 15 is 0 Å². The molecule has 3 amide bonds. The lowest BCUT2D eigenvalue weighted by Gasteiger charge is -2.41. The van der Waals surface area contributed by atoms with E-state index in [1.807, 2.05) is 9.80 Å². The van der Waals surface area contributed by atoms with Crippen molar-refractivity contribution in [2.24, 2.45) is 5.92 Å². The van der Waals surface area contributed by atoms with Gasteiger partial charge in [0.2, 0.25) is 17.7 Å². The molecule has 3 aliphatic rings. The Morgan fingerprint density at radius 2 is 1.93 bits per heavy atom. The second-order valence-corrected chi connectivity index (χ2v) is 8.34. The summed E-state index contributed by atoms with van der Waals surface area (Å²) in [4.78, 5) is 41.0. The molecule has 0 spiro atoms. The molecule has 7 heteroatoms. The van der Waals surface area contributed by atoms with E-state index < -0.39 is 6.04 Å². The molecule has 2 heterocycles. The summed E-state index contributed by atoms with van der Waals surface area (Å²) in [7, 11) is 0. The Bertz CT molecular complexity index is 547. The van der Waals surface area contributed by atoms with Crippen LogP contribution in [0.5, 0.6) is 0 Å². The highest BCUT2D eigenvalue weighted by molar-refractivity contribution is 5.87. The zero-order valence-corrected chi connectivity index (χ0v) is 16.5. The third-order valence-electron chi connectivity index (χ3n) is 6.22. The van der Waals surface area contributed by atoms with Gasteiger partial charge in [0.1, 0.15) is 6.04 Å². The van der Waals surface area contributed by atoms with Gasteiger partial charge in [0.25, 0.3) is 0 Å². The number of hydrogen-bond acceptors (Lipinski definition) is 4. The molecule has 0 bridgehead atoms. The van der Waals surface area contributed by atoms with Crippen LogP contribution in [-0.2, 0) is 14.4 Å². The number of nitrogens with zero attached hydrogens (tertiary/aromatic N) is 2. The number of piperazine rings is 1. The molecule has 0 aromatic carbocycles. The molecule has 7 nitrogen and oxygen atoms in total. The average molecular weight is 379 g/mol. The Labute approximate surface area is 162 Å². The van der Waals surface area contributed by atoms with Gasteiger partial charge < -0.3 is 20.4 Å². The van der Waals surface area contributed by atoms with E-state index in [0.717, 1.165) is 32.2 Å². The number of amides is 3. The van der Waals surface area contributed by atoms with Crippen molar-refractivity contribution in [2.45, 2.75) is 70.4 Å². The largest absolute Gasteiger partial charge is 0.345 e. The molecular formula is C20H34N4O3. The summed E-state index contributed by atoms with van der Waals surface area (Å²) >= 11 is 0. The molecule has 2 atom stereocenters. The minimum absolute atomic E-state index is 0.00593. The number of carbonyl (C=O) groups excluding carboxylic acids is 3. The van der Waals surface area contributed by atoms with Crippen molar-refractivity contribution in [3.05, 3.63) is 0 Å². The molecule has 0 aromatic heterocycles. The van der Waals surface area contributed by atoms with Crippen LogP contribution in [0.2, 0.25) is 0 Å². The van der Waals surface area contributed by atoms with Crippen LogP contribution in [0.15, 0.2) is 0 Å². The van der Waals surface area contributed by atoms with Crippen molar-refractivity contribution in [3.63, 3.8) is 0 Å². The maximum atomic E-state index is 12.8. The fourth-order valence-electron chi connectivity index (χ4n) is 4.71. The van der Waals surface area contributed by atoms with Crippen molar-refractivity contribution in [2.75, 3.05) is 32.7 Å². The minimum atomic E-state index is -0.501. The normalized spacial score (nSPS) is 26.0. The molecule has 27 heavy (non-hydrogen) atoms. The fourth-order valence-corrected chi connectivity index (χ4v) is 4.71. The van der Waals surface area contributed by atoms with Gasteiger partial charge in [-0.05, 0) is 38.5 Å². The van der Waals surface area contributed by atoms with Gasteiger partial charge in [0, 0.05) is 38.6 Å². The maximum Gasteiger partial charge on any atom is 0.244 e. The Balaban J connectivity index is 1.48. The summed E-state index contributed by atoms with van der Waals surface area (Å²) in [5, 5.41) is 6.00. The predicted molar refractivity (Wildman–Crippen MR) is 103 cm³/mol. The van der Waals surface area contributed by atoms with Crippen molar-refractivity contribution in [1.82, 2.24) is 20.4 Å². The first-order valence-electron chi connectivity index (χ1n) is 10.6. The summed E-state index contributed by atoms with van der Waals surface area (Å²) < 4.78 is 0. The lowest BCUT2D eigenvalue weighted by atomic mass is 9.87. The molecule has 2 saturated heterocycles. The predicted octanol–water partition coefficient (Wildman–Crippen LogP) is 0.884. The van der Waals surface area contributed by atoms with Gasteiger partial charge in [-0.3, -0.25) is 14.4 Å². The van der Waals surface area contributed by atoms with E-state index in [9.17, 15) is 14.4 Å². The SMILES string of the molecule is CC(NC(=O)CC1CCCCC1)C(=O)N1CCCC(N2CCNCC2=O)C1. The molecular weight excluding hydrogens is 344 g/mol. The van der Waals surface area contributed by atoms with E-state index in [1.165, 1.54) is 19.3 Å². The van der Waals surface area contributed by atoms with Crippen molar-refractivity contribution in [1.29, 1.82) is 0 Å². The van der Waals surface area contributed by atoms with E-state index in [2.05, 4.69) is 10.6 Å². The summed E-state index contributed by atoms with van der Waals surface area (Å²) in [6.07, 6.45) is 8.34. The van der Waals surface area contributed by atoms with Crippen LogP contribution in [-0.4, -0.2) is 72.3 Å². The van der Waals surface area contributed by atoms with Gasteiger partial charge in [-0.2, -0.15) is 0 Å². The highest BCUT2D eigenvalue weighted by Gasteiger charge is 2.33. The topological polar surface area (TPSA) is 81.8 Å². The molecule has 2 aliphatic heterocycles. The number of likely N-dealkylation sites (tertiary alicyclic amines) is 1. The standard InChI is InChI=1S/C20H34N4O3/c1-15(22-18(25)12-16-6-3-2-4-7-16)20(27)23-10-5-8-17(14-23)24-11-9-21-13-19(24)26/h15-17,21H,2-14H2,1H3,(H,22,25). The number of piperidine rings is 1. The molecule has 152 valence electrons. The van der Waals surface area contributed by atoms with Crippen LogP contribution in [0.1, 0.15) is 58.3 Å². The van der Waals surface area contributed by atoms with Crippen molar-refractivity contribution in [3.8, 4) is 0 Å². The number of hydrogen-bond donors (Lipinski definition) is 2. The van der Waals surface area contributed by atoms with E-state index in [0.29, 0.717) is 38.5 Å². The van der Waals surface area contributed by atoms with Gasteiger partial charge in [0.15, 0.2) is 0 Å². The van der Waals surface area contributed by atoms with E-state index in [1.54, 1.807) is 6.92 Å². The molecule has 2 N–H and O–H groups in total. The molecule has 0 aromatic rings. The molecule has 3 rings (SSSR count). The first kappa shape index (κ1) is 20.1. The second kappa shape index (κ2) is 9.53. The zero-order valence-electron chi connectivity index (χ0n) is 16.5. The average Bonchev–Trinajstić information content (AvgIpc) is 2.68. The van der Waals surface area contributed by atoms with Crippen LogP contribution >= 0.6 is 0 Å². The molecule has 1 aliphatic carbocycles. The van der Waals surface area contributed by atoms with Crippen LogP contribution in [0, 0.1) is 5.92 Å². The number of rotatable bonds is 5. The van der Waals surface area contributed by atoms with Crippen LogP contribution < -0.4 is 10.6 Å². The van der Waals surface area contributed by atoms with Crippen molar-refractivity contribution >= 4 is 17.7 Å². The molecule has 1 saturated carbocycles. The third-order valence-corrected chi connectivity index (χ3v) is 6.22. The Kier molecular flexibility index (Phi) is 7.10. The second-order valence-electron chi connectivity index (χ2n) is 8.34. The van der Waals surface area contributed by atoms with E-state index in [-0.39, 0.29) is 23.8 Å². The van der Waals surface area contributed by atoms with Gasteiger partial charge >= 0.3 is 0 Å².